The standard InChI is InChI=1S/C14H15BrN2O5/c1-4-22-14(19)11(8-16(2)3)13(18)10-6-5-9(15)7-12(10)17(20)21/h5-8H,4H2,1-3H3/b11-8-. The van der Waals surface area contributed by atoms with Crippen LogP contribution in [0.1, 0.15) is 17.3 Å². The Bertz CT molecular complexity index is 640. The van der Waals surface area contributed by atoms with Crippen LogP contribution < -0.4 is 0 Å². The van der Waals surface area contributed by atoms with Crippen molar-refractivity contribution in [1.82, 2.24) is 4.90 Å². The second kappa shape index (κ2) is 7.69. The van der Waals surface area contributed by atoms with Gasteiger partial charge < -0.3 is 9.64 Å². The van der Waals surface area contributed by atoms with Gasteiger partial charge in [0.25, 0.3) is 5.69 Å². The van der Waals surface area contributed by atoms with Gasteiger partial charge in [-0.2, -0.15) is 0 Å². The SMILES string of the molecule is CCOC(=O)/C(=C\N(C)C)C(=O)c1ccc(Br)cc1[N+](=O)[O-]. The molecule has 0 aliphatic carbocycles. The minimum Gasteiger partial charge on any atom is -0.462 e. The average molecular weight is 371 g/mol. The van der Waals surface area contributed by atoms with Crippen LogP contribution in [0.2, 0.25) is 0 Å². The Hall–Kier alpha value is -2.22. The minimum absolute atomic E-state index is 0.0965. The van der Waals surface area contributed by atoms with E-state index < -0.39 is 16.7 Å². The van der Waals surface area contributed by atoms with Gasteiger partial charge in [-0.3, -0.25) is 14.9 Å². The lowest BCUT2D eigenvalue weighted by Crippen LogP contribution is -2.20. The summed E-state index contributed by atoms with van der Waals surface area (Å²) in [5.74, 6) is -1.58. The first-order valence-electron chi connectivity index (χ1n) is 6.32. The lowest BCUT2D eigenvalue weighted by molar-refractivity contribution is -0.385. The number of hydrogen-bond acceptors (Lipinski definition) is 6. The molecule has 0 heterocycles. The Balaban J connectivity index is 3.37. The monoisotopic (exact) mass is 370 g/mol. The van der Waals surface area contributed by atoms with Gasteiger partial charge in [0, 0.05) is 30.8 Å². The van der Waals surface area contributed by atoms with Crippen molar-refractivity contribution in [2.75, 3.05) is 20.7 Å². The fourth-order valence-corrected chi connectivity index (χ4v) is 2.01. The number of carbonyl (C=O) groups is 2. The predicted molar refractivity (Wildman–Crippen MR) is 83.5 cm³/mol. The van der Waals surface area contributed by atoms with Crippen LogP contribution in [-0.4, -0.2) is 42.3 Å². The first-order valence-corrected chi connectivity index (χ1v) is 7.11. The van der Waals surface area contributed by atoms with Gasteiger partial charge in [0.1, 0.15) is 11.1 Å². The topological polar surface area (TPSA) is 89.8 Å². The number of halogens is 1. The summed E-state index contributed by atoms with van der Waals surface area (Å²) in [5.41, 5.74) is -0.819. The molecule has 0 saturated heterocycles. The van der Waals surface area contributed by atoms with Crippen LogP contribution in [0.5, 0.6) is 0 Å². The molecule has 118 valence electrons. The molecule has 1 aromatic rings. The summed E-state index contributed by atoms with van der Waals surface area (Å²) in [6, 6.07) is 4.01. The number of nitro benzene ring substituents is 1. The first kappa shape index (κ1) is 17.8. The number of ether oxygens (including phenoxy) is 1. The van der Waals surface area contributed by atoms with Crippen LogP contribution in [0.25, 0.3) is 0 Å². The van der Waals surface area contributed by atoms with Crippen molar-refractivity contribution in [3.63, 3.8) is 0 Å². The van der Waals surface area contributed by atoms with Crippen molar-refractivity contribution in [2.45, 2.75) is 6.92 Å². The highest BCUT2D eigenvalue weighted by Gasteiger charge is 2.28. The Kier molecular flexibility index (Phi) is 6.24. The molecule has 0 amide bonds. The predicted octanol–water partition coefficient (Wildman–Crippen LogP) is 2.55. The summed E-state index contributed by atoms with van der Waals surface area (Å²) in [6.07, 6.45) is 1.28. The molecule has 22 heavy (non-hydrogen) atoms. The van der Waals surface area contributed by atoms with Crippen LogP contribution in [0.15, 0.2) is 34.4 Å². The van der Waals surface area contributed by atoms with E-state index in [1.54, 1.807) is 21.0 Å². The van der Waals surface area contributed by atoms with Crippen LogP contribution in [-0.2, 0) is 9.53 Å². The van der Waals surface area contributed by atoms with Gasteiger partial charge >= 0.3 is 5.97 Å². The second-order valence-corrected chi connectivity index (χ2v) is 5.39. The smallest absolute Gasteiger partial charge is 0.343 e. The van der Waals surface area contributed by atoms with Gasteiger partial charge in [0.05, 0.1) is 11.5 Å². The maximum absolute atomic E-state index is 12.5. The molecule has 0 unspecified atom stereocenters. The Morgan fingerprint density at radius 1 is 1.41 bits per heavy atom. The molecule has 8 heteroatoms. The number of Topliss-reactive ketones (excluding diaryl/α,β-unsaturated/α-hetero) is 1. The molecule has 0 aliphatic rings. The van der Waals surface area contributed by atoms with Crippen molar-refractivity contribution in [3.05, 3.63) is 50.1 Å². The van der Waals surface area contributed by atoms with E-state index in [4.69, 9.17) is 4.74 Å². The van der Waals surface area contributed by atoms with Crippen molar-refractivity contribution >= 4 is 33.4 Å². The Morgan fingerprint density at radius 2 is 2.05 bits per heavy atom. The number of ketones is 1. The fraction of sp³-hybridized carbons (Fsp3) is 0.286. The molecule has 0 aromatic heterocycles. The van der Waals surface area contributed by atoms with Gasteiger partial charge in [-0.15, -0.1) is 0 Å². The van der Waals surface area contributed by atoms with E-state index in [-0.39, 0.29) is 23.4 Å². The average Bonchev–Trinajstić information content (AvgIpc) is 2.43. The molecule has 0 atom stereocenters. The molecule has 0 aliphatic heterocycles. The van der Waals surface area contributed by atoms with Crippen LogP contribution in [0, 0.1) is 10.1 Å². The van der Waals surface area contributed by atoms with E-state index in [1.807, 2.05) is 0 Å². The normalized spacial score (nSPS) is 11.0. The number of nitro groups is 1. The van der Waals surface area contributed by atoms with Gasteiger partial charge in [-0.1, -0.05) is 15.9 Å². The van der Waals surface area contributed by atoms with Crippen molar-refractivity contribution in [1.29, 1.82) is 0 Å². The summed E-state index contributed by atoms with van der Waals surface area (Å²) < 4.78 is 5.30. The lowest BCUT2D eigenvalue weighted by atomic mass is 10.0. The van der Waals surface area contributed by atoms with Crippen molar-refractivity contribution in [2.24, 2.45) is 0 Å². The summed E-state index contributed by atoms with van der Waals surface area (Å²) >= 11 is 3.11. The van der Waals surface area contributed by atoms with Gasteiger partial charge in [0.2, 0.25) is 5.78 Å². The van der Waals surface area contributed by atoms with Gasteiger partial charge in [-0.25, -0.2) is 4.79 Å². The highest BCUT2D eigenvalue weighted by molar-refractivity contribution is 9.10. The third kappa shape index (κ3) is 4.39. The van der Waals surface area contributed by atoms with Crippen molar-refractivity contribution in [3.8, 4) is 0 Å². The number of esters is 1. The third-order valence-electron chi connectivity index (χ3n) is 2.53. The summed E-state index contributed by atoms with van der Waals surface area (Å²) in [6.45, 7) is 1.71. The number of hydrogen-bond donors (Lipinski definition) is 0. The van der Waals surface area contributed by atoms with Crippen LogP contribution >= 0.6 is 15.9 Å². The van der Waals surface area contributed by atoms with Crippen LogP contribution in [0.3, 0.4) is 0 Å². The first-order chi connectivity index (χ1) is 10.3. The van der Waals surface area contributed by atoms with Gasteiger partial charge in [0.15, 0.2) is 0 Å². The highest BCUT2D eigenvalue weighted by Crippen LogP contribution is 2.26. The zero-order chi connectivity index (χ0) is 16.9. The van der Waals surface area contributed by atoms with Crippen molar-refractivity contribution < 1.29 is 19.2 Å². The van der Waals surface area contributed by atoms with E-state index in [9.17, 15) is 19.7 Å². The quantitative estimate of drug-likeness (QED) is 0.145. The minimum atomic E-state index is -0.821. The third-order valence-corrected chi connectivity index (χ3v) is 3.02. The molecule has 0 fully saturated rings. The van der Waals surface area contributed by atoms with Gasteiger partial charge in [-0.05, 0) is 19.1 Å². The maximum atomic E-state index is 12.5. The summed E-state index contributed by atoms with van der Waals surface area (Å²) in [5, 5.41) is 11.1. The van der Waals surface area contributed by atoms with E-state index in [0.29, 0.717) is 4.47 Å². The molecular weight excluding hydrogens is 356 g/mol. The molecular formula is C14H15BrN2O5. The Morgan fingerprint density at radius 3 is 2.55 bits per heavy atom. The zero-order valence-electron chi connectivity index (χ0n) is 12.3. The summed E-state index contributed by atoms with van der Waals surface area (Å²) in [7, 11) is 3.25. The summed E-state index contributed by atoms with van der Waals surface area (Å²) in [4.78, 5) is 36.4. The molecule has 0 N–H and O–H groups in total. The van der Waals surface area contributed by atoms with E-state index >= 15 is 0 Å². The fourth-order valence-electron chi connectivity index (χ4n) is 1.66. The van der Waals surface area contributed by atoms with Crippen LogP contribution in [0.4, 0.5) is 5.69 Å². The molecule has 1 aromatic carbocycles. The number of benzene rings is 1. The molecule has 0 spiro atoms. The second-order valence-electron chi connectivity index (χ2n) is 4.47. The lowest BCUT2D eigenvalue weighted by Gasteiger charge is -2.11. The molecule has 0 saturated carbocycles. The maximum Gasteiger partial charge on any atom is 0.343 e. The number of carbonyl (C=O) groups excluding carboxylic acids is 2. The molecule has 0 bridgehead atoms. The highest BCUT2D eigenvalue weighted by atomic mass is 79.9. The molecule has 1 rings (SSSR count). The number of rotatable bonds is 6. The zero-order valence-corrected chi connectivity index (χ0v) is 13.9. The molecule has 0 radical (unpaired) electrons. The Labute approximate surface area is 135 Å². The van der Waals surface area contributed by atoms with E-state index in [1.165, 1.54) is 29.3 Å². The number of nitrogens with zero attached hydrogens (tertiary/aromatic N) is 2. The molecule has 7 nitrogen and oxygen atoms in total. The largest absolute Gasteiger partial charge is 0.462 e. The van der Waals surface area contributed by atoms with E-state index in [2.05, 4.69) is 15.9 Å². The van der Waals surface area contributed by atoms with E-state index in [0.717, 1.165) is 0 Å².